The van der Waals surface area contributed by atoms with Crippen LogP contribution in [0.15, 0.2) is 18.5 Å². The van der Waals surface area contributed by atoms with Gasteiger partial charge in [0.25, 0.3) is 0 Å². The fourth-order valence-electron chi connectivity index (χ4n) is 1.07. The Hall–Kier alpha value is -1.13. The number of aliphatic hydroxyl groups is 2. The molecule has 1 aromatic heterocycles. The Morgan fingerprint density at radius 2 is 2.21 bits per heavy atom. The maximum absolute atomic E-state index is 9.63. The van der Waals surface area contributed by atoms with Crippen LogP contribution < -0.4 is 5.73 Å². The number of nitrogens with zero attached hydrogens (tertiary/aromatic N) is 1. The van der Waals surface area contributed by atoms with Crippen molar-refractivity contribution in [1.82, 2.24) is 4.98 Å². The Balaban J connectivity index is 2.75. The van der Waals surface area contributed by atoms with Gasteiger partial charge in [0.1, 0.15) is 0 Å². The lowest BCUT2D eigenvalue weighted by atomic mass is 9.95. The van der Waals surface area contributed by atoms with Crippen LogP contribution in [0.25, 0.3) is 0 Å². The summed E-state index contributed by atoms with van der Waals surface area (Å²) in [4.78, 5) is 3.91. The maximum Gasteiger partial charge on any atom is 0.0863 e. The largest absolute Gasteiger partial charge is 0.398 e. The normalized spacial score (nSPS) is 14.0. The molecule has 0 fully saturated rings. The number of anilines is 1. The Kier molecular flexibility index (Phi) is 3.08. The van der Waals surface area contributed by atoms with Crippen LogP contribution >= 0.6 is 0 Å². The first-order valence-corrected chi connectivity index (χ1v) is 4.50. The first-order chi connectivity index (χ1) is 6.41. The minimum atomic E-state index is -1.12. The van der Waals surface area contributed by atoms with Crippen molar-refractivity contribution >= 4 is 5.69 Å². The highest BCUT2D eigenvalue weighted by molar-refractivity contribution is 5.44. The number of hydrogen-bond donors (Lipinski definition) is 3. The molecule has 14 heavy (non-hydrogen) atoms. The molecule has 0 aliphatic carbocycles. The van der Waals surface area contributed by atoms with Crippen LogP contribution in [-0.4, -0.2) is 26.9 Å². The second kappa shape index (κ2) is 3.94. The Bertz CT molecular complexity index is 307. The van der Waals surface area contributed by atoms with E-state index < -0.39 is 11.7 Å². The molecular weight excluding hydrogens is 180 g/mol. The fraction of sp³-hybridized carbons (Fsp3) is 0.500. The van der Waals surface area contributed by atoms with Gasteiger partial charge in [-0.05, 0) is 25.5 Å². The van der Waals surface area contributed by atoms with Gasteiger partial charge in [0.2, 0.25) is 0 Å². The minimum Gasteiger partial charge on any atom is -0.398 e. The molecule has 0 aromatic carbocycles. The van der Waals surface area contributed by atoms with Crippen molar-refractivity contribution in [1.29, 1.82) is 0 Å². The van der Waals surface area contributed by atoms with Crippen molar-refractivity contribution in [2.45, 2.75) is 32.0 Å². The van der Waals surface area contributed by atoms with Crippen molar-refractivity contribution in [2.75, 3.05) is 5.73 Å². The second-order valence-corrected chi connectivity index (χ2v) is 3.95. The smallest absolute Gasteiger partial charge is 0.0863 e. The third-order valence-electron chi connectivity index (χ3n) is 2.17. The summed E-state index contributed by atoms with van der Waals surface area (Å²) in [6, 6.07) is 1.67. The van der Waals surface area contributed by atoms with E-state index in [0.717, 1.165) is 5.56 Å². The van der Waals surface area contributed by atoms with Crippen LogP contribution in [0.5, 0.6) is 0 Å². The fourth-order valence-corrected chi connectivity index (χ4v) is 1.07. The number of aliphatic hydroxyl groups excluding tert-OH is 1. The van der Waals surface area contributed by atoms with Gasteiger partial charge in [0, 0.05) is 24.5 Å². The monoisotopic (exact) mass is 196 g/mol. The topological polar surface area (TPSA) is 79.4 Å². The lowest BCUT2D eigenvalue weighted by Gasteiger charge is -2.24. The van der Waals surface area contributed by atoms with E-state index in [9.17, 15) is 10.2 Å². The van der Waals surface area contributed by atoms with Crippen molar-refractivity contribution in [3.8, 4) is 0 Å². The van der Waals surface area contributed by atoms with E-state index in [4.69, 9.17) is 5.73 Å². The van der Waals surface area contributed by atoms with Gasteiger partial charge in [-0.15, -0.1) is 0 Å². The molecule has 0 aliphatic rings. The molecule has 1 aromatic rings. The van der Waals surface area contributed by atoms with E-state index >= 15 is 0 Å². The minimum absolute atomic E-state index is 0.309. The number of nitrogens with two attached hydrogens (primary N) is 1. The highest BCUT2D eigenvalue weighted by atomic mass is 16.3. The molecule has 0 spiro atoms. The summed E-state index contributed by atoms with van der Waals surface area (Å²) in [5.74, 6) is 0. The van der Waals surface area contributed by atoms with Crippen LogP contribution in [0.2, 0.25) is 0 Å². The van der Waals surface area contributed by atoms with Crippen molar-refractivity contribution in [2.24, 2.45) is 0 Å². The van der Waals surface area contributed by atoms with Crippen molar-refractivity contribution in [3.05, 3.63) is 24.0 Å². The van der Waals surface area contributed by atoms with Gasteiger partial charge in [-0.2, -0.15) is 0 Å². The SMILES string of the molecule is CC(C)(O)C(O)Cc1cnccc1N. The molecule has 4 nitrogen and oxygen atoms in total. The summed E-state index contributed by atoms with van der Waals surface area (Å²) in [5, 5.41) is 19.2. The summed E-state index contributed by atoms with van der Waals surface area (Å²) in [6.45, 7) is 3.12. The zero-order chi connectivity index (χ0) is 10.8. The molecule has 1 heterocycles. The molecule has 0 bridgehead atoms. The molecule has 1 rings (SSSR count). The molecule has 0 saturated carbocycles. The van der Waals surface area contributed by atoms with Crippen LogP contribution in [0.3, 0.4) is 0 Å². The highest BCUT2D eigenvalue weighted by Gasteiger charge is 2.25. The summed E-state index contributed by atoms with van der Waals surface area (Å²) >= 11 is 0. The van der Waals surface area contributed by atoms with Gasteiger partial charge in [-0.3, -0.25) is 4.98 Å². The highest BCUT2D eigenvalue weighted by Crippen LogP contribution is 2.17. The van der Waals surface area contributed by atoms with Crippen molar-refractivity contribution < 1.29 is 10.2 Å². The molecule has 4 N–H and O–H groups in total. The van der Waals surface area contributed by atoms with Gasteiger partial charge in [0.05, 0.1) is 11.7 Å². The third kappa shape index (κ3) is 2.68. The average molecular weight is 196 g/mol. The predicted octanol–water partition coefficient (Wildman–Crippen LogP) is 0.338. The number of hydrogen-bond acceptors (Lipinski definition) is 4. The van der Waals surface area contributed by atoms with Crippen LogP contribution in [0.4, 0.5) is 5.69 Å². The lowest BCUT2D eigenvalue weighted by Crippen LogP contribution is -2.37. The zero-order valence-corrected chi connectivity index (χ0v) is 8.44. The average Bonchev–Trinajstić information content (AvgIpc) is 2.07. The van der Waals surface area contributed by atoms with Gasteiger partial charge >= 0.3 is 0 Å². The van der Waals surface area contributed by atoms with Gasteiger partial charge in [-0.25, -0.2) is 0 Å². The van der Waals surface area contributed by atoms with Crippen LogP contribution in [-0.2, 0) is 6.42 Å². The second-order valence-electron chi connectivity index (χ2n) is 3.95. The summed E-state index contributed by atoms with van der Waals surface area (Å²) in [5.41, 5.74) is 5.90. The van der Waals surface area contributed by atoms with E-state index in [1.807, 2.05) is 0 Å². The van der Waals surface area contributed by atoms with Crippen molar-refractivity contribution in [3.63, 3.8) is 0 Å². The van der Waals surface area contributed by atoms with E-state index in [1.165, 1.54) is 0 Å². The Morgan fingerprint density at radius 3 is 2.71 bits per heavy atom. The van der Waals surface area contributed by atoms with E-state index in [2.05, 4.69) is 4.98 Å². The van der Waals surface area contributed by atoms with Crippen LogP contribution in [0.1, 0.15) is 19.4 Å². The van der Waals surface area contributed by atoms with Gasteiger partial charge in [-0.1, -0.05) is 0 Å². The van der Waals surface area contributed by atoms with Crippen LogP contribution in [0, 0.1) is 0 Å². The molecule has 4 heteroatoms. The number of pyridine rings is 1. The predicted molar refractivity (Wildman–Crippen MR) is 54.7 cm³/mol. The molecular formula is C10H16N2O2. The zero-order valence-electron chi connectivity index (χ0n) is 8.44. The quantitative estimate of drug-likeness (QED) is 0.651. The Labute approximate surface area is 83.4 Å². The molecule has 1 unspecified atom stereocenters. The summed E-state index contributed by atoms with van der Waals surface area (Å²) < 4.78 is 0. The van der Waals surface area contributed by atoms with E-state index in [-0.39, 0.29) is 0 Å². The standard InChI is InChI=1S/C10H16N2O2/c1-10(2,14)9(13)5-7-6-12-4-3-8(7)11/h3-4,6,9,13-14H,5H2,1-2H3,(H2,11,12). The first kappa shape index (κ1) is 10.9. The number of rotatable bonds is 3. The lowest BCUT2D eigenvalue weighted by molar-refractivity contribution is -0.0468. The maximum atomic E-state index is 9.63. The number of aromatic nitrogens is 1. The molecule has 0 saturated heterocycles. The molecule has 0 amide bonds. The van der Waals surface area contributed by atoms with Gasteiger partial charge < -0.3 is 15.9 Å². The summed E-state index contributed by atoms with van der Waals surface area (Å²) in [7, 11) is 0. The molecule has 78 valence electrons. The summed E-state index contributed by atoms with van der Waals surface area (Å²) in [6.07, 6.45) is 2.66. The van der Waals surface area contributed by atoms with E-state index in [0.29, 0.717) is 12.1 Å². The van der Waals surface area contributed by atoms with E-state index in [1.54, 1.807) is 32.3 Å². The van der Waals surface area contributed by atoms with Gasteiger partial charge in [0.15, 0.2) is 0 Å². The first-order valence-electron chi connectivity index (χ1n) is 4.50. The molecule has 0 aliphatic heterocycles. The molecule has 1 atom stereocenters. The third-order valence-corrected chi connectivity index (χ3v) is 2.17. The molecule has 0 radical (unpaired) electrons. The Morgan fingerprint density at radius 1 is 1.57 bits per heavy atom. The number of nitrogen functional groups attached to an aromatic ring is 1.